The van der Waals surface area contributed by atoms with E-state index in [1.54, 1.807) is 24.2 Å². The highest BCUT2D eigenvalue weighted by molar-refractivity contribution is 7.98. The van der Waals surface area contributed by atoms with Gasteiger partial charge >= 0.3 is 0 Å². The van der Waals surface area contributed by atoms with Crippen LogP contribution in [0.15, 0.2) is 27.8 Å². The monoisotopic (exact) mass is 236 g/mol. The number of hydrogen-bond acceptors (Lipinski definition) is 6. The third-order valence-corrected chi connectivity index (χ3v) is 3.05. The quantitative estimate of drug-likeness (QED) is 0.817. The Morgan fingerprint density at radius 3 is 2.88 bits per heavy atom. The van der Waals surface area contributed by atoms with Gasteiger partial charge in [-0.05, 0) is 6.07 Å². The van der Waals surface area contributed by atoms with E-state index in [0.717, 1.165) is 11.3 Å². The van der Waals surface area contributed by atoms with E-state index in [0.29, 0.717) is 23.2 Å². The molecule has 0 aliphatic carbocycles. The minimum atomic E-state index is 0.623. The number of aromatic nitrogens is 3. The van der Waals surface area contributed by atoms with E-state index in [-0.39, 0.29) is 0 Å². The van der Waals surface area contributed by atoms with Gasteiger partial charge < -0.3 is 10.2 Å². The highest BCUT2D eigenvalue weighted by Gasteiger charge is 2.06. The van der Waals surface area contributed by atoms with Crippen LogP contribution >= 0.6 is 11.8 Å². The van der Waals surface area contributed by atoms with Crippen LogP contribution in [0.3, 0.4) is 0 Å². The molecule has 0 aliphatic heterocycles. The first-order valence-corrected chi connectivity index (χ1v) is 5.91. The van der Waals surface area contributed by atoms with Crippen LogP contribution in [0.4, 0.5) is 5.69 Å². The summed E-state index contributed by atoms with van der Waals surface area (Å²) in [5.41, 5.74) is 6.44. The molecule has 2 aromatic rings. The number of rotatable bonds is 4. The van der Waals surface area contributed by atoms with E-state index in [4.69, 9.17) is 10.2 Å². The average Bonchev–Trinajstić information content (AvgIpc) is 2.76. The van der Waals surface area contributed by atoms with Gasteiger partial charge in [-0.1, -0.05) is 6.92 Å². The number of nitrogen functional groups attached to an aromatic ring is 1. The zero-order chi connectivity index (χ0) is 11.4. The van der Waals surface area contributed by atoms with Gasteiger partial charge in [0.1, 0.15) is 0 Å². The van der Waals surface area contributed by atoms with Crippen molar-refractivity contribution < 1.29 is 4.42 Å². The van der Waals surface area contributed by atoms with Gasteiger partial charge in [0.25, 0.3) is 0 Å². The Kier molecular flexibility index (Phi) is 3.40. The number of nitrogens with two attached hydrogens (primary N) is 1. The SMILES string of the molecule is CCc1nnc(CSc2ccncc2N)o1. The maximum absolute atomic E-state index is 5.77. The molecule has 2 aromatic heterocycles. The lowest BCUT2D eigenvalue weighted by Crippen LogP contribution is -1.89. The van der Waals surface area contributed by atoms with Gasteiger partial charge in [0.2, 0.25) is 11.8 Å². The van der Waals surface area contributed by atoms with Crippen molar-refractivity contribution in [1.29, 1.82) is 0 Å². The number of hydrogen-bond donors (Lipinski definition) is 1. The maximum Gasteiger partial charge on any atom is 0.226 e. The van der Waals surface area contributed by atoms with Gasteiger partial charge in [0, 0.05) is 17.5 Å². The van der Waals surface area contributed by atoms with Crippen molar-refractivity contribution in [1.82, 2.24) is 15.2 Å². The molecule has 0 atom stereocenters. The lowest BCUT2D eigenvalue weighted by molar-refractivity contribution is 0.470. The number of anilines is 1. The summed E-state index contributed by atoms with van der Waals surface area (Å²) < 4.78 is 5.39. The molecule has 84 valence electrons. The first-order valence-electron chi connectivity index (χ1n) is 4.93. The van der Waals surface area contributed by atoms with Gasteiger partial charge in [0.05, 0.1) is 17.6 Å². The third kappa shape index (κ3) is 2.52. The molecule has 0 radical (unpaired) electrons. The summed E-state index contributed by atoms with van der Waals surface area (Å²) >= 11 is 1.56. The minimum absolute atomic E-state index is 0.623. The molecule has 0 aromatic carbocycles. The van der Waals surface area contributed by atoms with Crippen molar-refractivity contribution in [3.8, 4) is 0 Å². The van der Waals surface area contributed by atoms with E-state index in [1.807, 2.05) is 13.0 Å². The molecule has 0 saturated carbocycles. The normalized spacial score (nSPS) is 10.6. The van der Waals surface area contributed by atoms with Crippen LogP contribution in [0.2, 0.25) is 0 Å². The molecule has 2 rings (SSSR count). The Hall–Kier alpha value is -1.56. The Labute approximate surface area is 97.5 Å². The molecule has 2 N–H and O–H groups in total. The fourth-order valence-corrected chi connectivity index (χ4v) is 1.93. The van der Waals surface area contributed by atoms with Crippen LogP contribution in [-0.2, 0) is 12.2 Å². The van der Waals surface area contributed by atoms with Gasteiger partial charge in [-0.2, -0.15) is 0 Å². The summed E-state index contributed by atoms with van der Waals surface area (Å²) in [5.74, 6) is 1.91. The van der Waals surface area contributed by atoms with Crippen molar-refractivity contribution >= 4 is 17.4 Å². The van der Waals surface area contributed by atoms with Crippen molar-refractivity contribution in [2.24, 2.45) is 0 Å². The summed E-state index contributed by atoms with van der Waals surface area (Å²) in [5, 5.41) is 7.83. The molecule has 5 nitrogen and oxygen atoms in total. The molecule has 0 aliphatic rings. The van der Waals surface area contributed by atoms with Crippen LogP contribution in [0, 0.1) is 0 Å². The van der Waals surface area contributed by atoms with E-state index in [1.165, 1.54) is 0 Å². The molecule has 16 heavy (non-hydrogen) atoms. The highest BCUT2D eigenvalue weighted by Crippen LogP contribution is 2.26. The standard InChI is InChI=1S/C10H12N4OS/c1-2-9-13-14-10(15-9)6-16-8-3-4-12-5-7(8)11/h3-5H,2,6,11H2,1H3. The van der Waals surface area contributed by atoms with Crippen molar-refractivity contribution in [3.63, 3.8) is 0 Å². The Balaban J connectivity index is 1.99. The number of nitrogens with zero attached hydrogens (tertiary/aromatic N) is 3. The maximum atomic E-state index is 5.77. The van der Waals surface area contributed by atoms with Crippen LogP contribution in [-0.4, -0.2) is 15.2 Å². The van der Waals surface area contributed by atoms with Crippen LogP contribution in [0.1, 0.15) is 18.7 Å². The van der Waals surface area contributed by atoms with E-state index in [2.05, 4.69) is 15.2 Å². The Bertz CT molecular complexity index is 471. The van der Waals surface area contributed by atoms with Crippen molar-refractivity contribution in [2.75, 3.05) is 5.73 Å². The molecular formula is C10H12N4OS. The molecule has 2 heterocycles. The molecule has 0 fully saturated rings. The number of aryl methyl sites for hydroxylation is 1. The summed E-state index contributed by atoms with van der Waals surface area (Å²) in [4.78, 5) is 4.91. The van der Waals surface area contributed by atoms with E-state index in [9.17, 15) is 0 Å². The third-order valence-electron chi connectivity index (χ3n) is 1.97. The first kappa shape index (κ1) is 10.9. The predicted molar refractivity (Wildman–Crippen MR) is 61.9 cm³/mol. The lowest BCUT2D eigenvalue weighted by atomic mass is 10.4. The van der Waals surface area contributed by atoms with Crippen molar-refractivity contribution in [3.05, 3.63) is 30.2 Å². The molecule has 6 heteroatoms. The zero-order valence-electron chi connectivity index (χ0n) is 8.88. The largest absolute Gasteiger partial charge is 0.424 e. The summed E-state index contributed by atoms with van der Waals surface area (Å²) in [6, 6.07) is 1.87. The molecule has 0 saturated heterocycles. The fourth-order valence-electron chi connectivity index (χ4n) is 1.15. The fraction of sp³-hybridized carbons (Fsp3) is 0.300. The summed E-state index contributed by atoms with van der Waals surface area (Å²) in [6.07, 6.45) is 4.10. The van der Waals surface area contributed by atoms with E-state index >= 15 is 0 Å². The highest BCUT2D eigenvalue weighted by atomic mass is 32.2. The molecule has 0 unspecified atom stereocenters. The molecule has 0 amide bonds. The van der Waals surface area contributed by atoms with Crippen LogP contribution in [0.5, 0.6) is 0 Å². The Morgan fingerprint density at radius 2 is 2.19 bits per heavy atom. The summed E-state index contributed by atoms with van der Waals surface area (Å²) in [6.45, 7) is 1.98. The smallest absolute Gasteiger partial charge is 0.226 e. The molecule has 0 spiro atoms. The molecule has 0 bridgehead atoms. The second-order valence-electron chi connectivity index (χ2n) is 3.15. The predicted octanol–water partition coefficient (Wildman–Crippen LogP) is 1.90. The topological polar surface area (TPSA) is 77.8 Å². The average molecular weight is 236 g/mol. The molecular weight excluding hydrogens is 224 g/mol. The minimum Gasteiger partial charge on any atom is -0.424 e. The van der Waals surface area contributed by atoms with Gasteiger partial charge in [0.15, 0.2) is 0 Å². The van der Waals surface area contributed by atoms with Gasteiger partial charge in [-0.25, -0.2) is 0 Å². The number of thioether (sulfide) groups is 1. The number of pyridine rings is 1. The van der Waals surface area contributed by atoms with E-state index < -0.39 is 0 Å². The lowest BCUT2D eigenvalue weighted by Gasteiger charge is -2.01. The van der Waals surface area contributed by atoms with Gasteiger partial charge in [-0.3, -0.25) is 4.98 Å². The summed E-state index contributed by atoms with van der Waals surface area (Å²) in [7, 11) is 0. The second kappa shape index (κ2) is 4.98. The first-order chi connectivity index (χ1) is 7.79. The van der Waals surface area contributed by atoms with Crippen LogP contribution in [0.25, 0.3) is 0 Å². The van der Waals surface area contributed by atoms with Crippen molar-refractivity contribution in [2.45, 2.75) is 24.0 Å². The van der Waals surface area contributed by atoms with Crippen LogP contribution < -0.4 is 5.73 Å². The van der Waals surface area contributed by atoms with Gasteiger partial charge in [-0.15, -0.1) is 22.0 Å². The zero-order valence-corrected chi connectivity index (χ0v) is 9.70. The Morgan fingerprint density at radius 1 is 1.38 bits per heavy atom. The second-order valence-corrected chi connectivity index (χ2v) is 4.16.